The normalized spacial score (nSPS) is 10.3. The van der Waals surface area contributed by atoms with Crippen LogP contribution >= 0.6 is 0 Å². The van der Waals surface area contributed by atoms with Crippen molar-refractivity contribution < 1.29 is 13.6 Å². The third-order valence-electron chi connectivity index (χ3n) is 2.50. The van der Waals surface area contributed by atoms with Crippen LogP contribution in [0.5, 0.6) is 0 Å². The first-order chi connectivity index (χ1) is 8.63. The lowest BCUT2D eigenvalue weighted by Gasteiger charge is -2.04. The second-order valence-corrected chi connectivity index (χ2v) is 4.07. The highest BCUT2D eigenvalue weighted by Gasteiger charge is 2.05. The van der Waals surface area contributed by atoms with Crippen molar-refractivity contribution in [3.8, 4) is 0 Å². The Bertz CT molecular complexity index is 548. The van der Waals surface area contributed by atoms with Gasteiger partial charge in [-0.3, -0.25) is 4.79 Å². The van der Waals surface area contributed by atoms with Gasteiger partial charge in [-0.2, -0.15) is 0 Å². The quantitative estimate of drug-likeness (QED) is 0.900. The summed E-state index contributed by atoms with van der Waals surface area (Å²) in [6.07, 6.45) is 0.846. The number of carbonyl (C=O) groups excluding carboxylic acids is 1. The largest absolute Gasteiger partial charge is 0.466 e. The van der Waals surface area contributed by atoms with Gasteiger partial charge < -0.3 is 9.73 Å². The molecule has 0 saturated heterocycles. The average molecular weight is 247 g/mol. The molecule has 0 aliphatic rings. The molecule has 2 aromatic rings. The van der Waals surface area contributed by atoms with Crippen LogP contribution in [0, 0.1) is 12.7 Å². The summed E-state index contributed by atoms with van der Waals surface area (Å²) < 4.78 is 18.3. The Morgan fingerprint density at radius 1 is 1.33 bits per heavy atom. The van der Waals surface area contributed by atoms with E-state index in [1.807, 2.05) is 19.1 Å². The molecule has 94 valence electrons. The van der Waals surface area contributed by atoms with Crippen LogP contribution in [0.2, 0.25) is 0 Å². The van der Waals surface area contributed by atoms with E-state index >= 15 is 0 Å². The molecule has 18 heavy (non-hydrogen) atoms. The summed E-state index contributed by atoms with van der Waals surface area (Å²) in [6.45, 7) is 1.86. The van der Waals surface area contributed by atoms with Gasteiger partial charge in [0.15, 0.2) is 0 Å². The number of furan rings is 1. The van der Waals surface area contributed by atoms with E-state index in [9.17, 15) is 9.18 Å². The van der Waals surface area contributed by atoms with Crippen molar-refractivity contribution in [1.29, 1.82) is 0 Å². The zero-order valence-electron chi connectivity index (χ0n) is 10.1. The summed E-state index contributed by atoms with van der Waals surface area (Å²) in [5.41, 5.74) is 0.468. The highest BCUT2D eigenvalue weighted by atomic mass is 19.1. The Kier molecular flexibility index (Phi) is 3.77. The Morgan fingerprint density at radius 2 is 2.17 bits per heavy atom. The summed E-state index contributed by atoms with van der Waals surface area (Å²) in [4.78, 5) is 11.6. The molecule has 0 spiro atoms. The van der Waals surface area contributed by atoms with Gasteiger partial charge in [0, 0.05) is 18.5 Å². The third kappa shape index (κ3) is 3.45. The molecule has 1 heterocycles. The number of amides is 1. The lowest BCUT2D eigenvalue weighted by atomic mass is 10.2. The maximum atomic E-state index is 12.9. The van der Waals surface area contributed by atoms with E-state index in [2.05, 4.69) is 5.32 Å². The first-order valence-corrected chi connectivity index (χ1v) is 5.74. The van der Waals surface area contributed by atoms with Gasteiger partial charge in [0.1, 0.15) is 17.3 Å². The SMILES string of the molecule is Cc1ccc(CCC(=O)Nc2cccc(F)c2)o1. The van der Waals surface area contributed by atoms with Crippen LogP contribution < -0.4 is 5.32 Å². The second kappa shape index (κ2) is 5.49. The van der Waals surface area contributed by atoms with Crippen LogP contribution in [0.15, 0.2) is 40.8 Å². The number of hydrogen-bond donors (Lipinski definition) is 1. The van der Waals surface area contributed by atoms with E-state index in [1.165, 1.54) is 12.1 Å². The Labute approximate surface area is 105 Å². The van der Waals surface area contributed by atoms with Crippen LogP contribution in [0.25, 0.3) is 0 Å². The summed E-state index contributed by atoms with van der Waals surface area (Å²) in [6, 6.07) is 9.54. The number of nitrogens with one attached hydrogen (secondary N) is 1. The fourth-order valence-corrected chi connectivity index (χ4v) is 1.65. The summed E-state index contributed by atoms with van der Waals surface area (Å²) in [5.74, 6) is 1.08. The lowest BCUT2D eigenvalue weighted by molar-refractivity contribution is -0.116. The highest BCUT2D eigenvalue weighted by molar-refractivity contribution is 5.90. The third-order valence-corrected chi connectivity index (χ3v) is 2.50. The van der Waals surface area contributed by atoms with Gasteiger partial charge in [-0.1, -0.05) is 6.07 Å². The predicted molar refractivity (Wildman–Crippen MR) is 66.8 cm³/mol. The van der Waals surface area contributed by atoms with E-state index < -0.39 is 0 Å². The van der Waals surface area contributed by atoms with Gasteiger partial charge in [-0.15, -0.1) is 0 Å². The van der Waals surface area contributed by atoms with Crippen molar-refractivity contribution in [2.24, 2.45) is 0 Å². The number of benzene rings is 1. The van der Waals surface area contributed by atoms with Crippen LogP contribution in [-0.4, -0.2) is 5.91 Å². The Morgan fingerprint density at radius 3 is 2.83 bits per heavy atom. The minimum absolute atomic E-state index is 0.158. The second-order valence-electron chi connectivity index (χ2n) is 4.07. The van der Waals surface area contributed by atoms with Crippen LogP contribution in [0.4, 0.5) is 10.1 Å². The molecule has 0 atom stereocenters. The van der Waals surface area contributed by atoms with E-state index in [1.54, 1.807) is 12.1 Å². The van der Waals surface area contributed by atoms with Crippen molar-refractivity contribution in [1.82, 2.24) is 0 Å². The summed E-state index contributed by atoms with van der Waals surface area (Å²) >= 11 is 0. The molecule has 0 unspecified atom stereocenters. The van der Waals surface area contributed by atoms with Crippen molar-refractivity contribution >= 4 is 11.6 Å². The molecule has 1 amide bonds. The zero-order valence-corrected chi connectivity index (χ0v) is 10.1. The van der Waals surface area contributed by atoms with Crippen molar-refractivity contribution in [2.45, 2.75) is 19.8 Å². The van der Waals surface area contributed by atoms with Crippen LogP contribution in [0.3, 0.4) is 0 Å². The van der Waals surface area contributed by atoms with Crippen molar-refractivity contribution in [3.05, 3.63) is 53.7 Å². The topological polar surface area (TPSA) is 42.2 Å². The van der Waals surface area contributed by atoms with Gasteiger partial charge in [-0.05, 0) is 37.3 Å². The zero-order chi connectivity index (χ0) is 13.0. The predicted octanol–water partition coefficient (Wildman–Crippen LogP) is 3.30. The molecule has 2 rings (SSSR count). The van der Waals surface area contributed by atoms with Gasteiger partial charge in [0.25, 0.3) is 0 Å². The molecule has 0 bridgehead atoms. The smallest absolute Gasteiger partial charge is 0.224 e. The lowest BCUT2D eigenvalue weighted by Crippen LogP contribution is -2.12. The molecule has 0 aliphatic carbocycles. The number of anilines is 1. The number of carbonyl (C=O) groups is 1. The van der Waals surface area contributed by atoms with E-state index in [0.717, 1.165) is 11.5 Å². The molecule has 0 radical (unpaired) electrons. The Hall–Kier alpha value is -2.10. The molecule has 0 saturated carbocycles. The van der Waals surface area contributed by atoms with Gasteiger partial charge in [0.05, 0.1) is 0 Å². The first-order valence-electron chi connectivity index (χ1n) is 5.74. The van der Waals surface area contributed by atoms with Gasteiger partial charge in [0.2, 0.25) is 5.91 Å². The summed E-state index contributed by atoms with van der Waals surface area (Å²) in [5, 5.41) is 2.64. The minimum Gasteiger partial charge on any atom is -0.466 e. The van der Waals surface area contributed by atoms with E-state index in [-0.39, 0.29) is 11.7 Å². The molecular formula is C14H14FNO2. The molecule has 0 fully saturated rings. The number of aryl methyl sites for hydroxylation is 2. The average Bonchev–Trinajstić information content (AvgIpc) is 2.73. The molecule has 4 heteroatoms. The van der Waals surface area contributed by atoms with Gasteiger partial charge >= 0.3 is 0 Å². The fraction of sp³-hybridized carbons (Fsp3) is 0.214. The highest BCUT2D eigenvalue weighted by Crippen LogP contribution is 2.11. The maximum Gasteiger partial charge on any atom is 0.224 e. The van der Waals surface area contributed by atoms with Gasteiger partial charge in [-0.25, -0.2) is 4.39 Å². The molecule has 3 nitrogen and oxygen atoms in total. The van der Waals surface area contributed by atoms with Crippen molar-refractivity contribution in [2.75, 3.05) is 5.32 Å². The monoisotopic (exact) mass is 247 g/mol. The number of rotatable bonds is 4. The first kappa shape index (κ1) is 12.4. The number of hydrogen-bond acceptors (Lipinski definition) is 2. The fourth-order valence-electron chi connectivity index (χ4n) is 1.65. The molecular weight excluding hydrogens is 233 g/mol. The van der Waals surface area contributed by atoms with Crippen LogP contribution in [-0.2, 0) is 11.2 Å². The molecule has 1 N–H and O–H groups in total. The van der Waals surface area contributed by atoms with Crippen LogP contribution in [0.1, 0.15) is 17.9 Å². The molecule has 1 aromatic heterocycles. The summed E-state index contributed by atoms with van der Waals surface area (Å²) in [7, 11) is 0. The maximum absolute atomic E-state index is 12.9. The Balaban J connectivity index is 1.85. The van der Waals surface area contributed by atoms with E-state index in [0.29, 0.717) is 18.5 Å². The minimum atomic E-state index is -0.366. The standard InChI is InChI=1S/C14H14FNO2/c1-10-5-6-13(18-10)7-8-14(17)16-12-4-2-3-11(15)9-12/h2-6,9H,7-8H2,1H3,(H,16,17). The van der Waals surface area contributed by atoms with Crippen molar-refractivity contribution in [3.63, 3.8) is 0 Å². The number of halogens is 1. The molecule has 1 aromatic carbocycles. The van der Waals surface area contributed by atoms with E-state index in [4.69, 9.17) is 4.42 Å². The molecule has 0 aliphatic heterocycles.